The fourth-order valence-electron chi connectivity index (χ4n) is 1.88. The molecule has 1 fully saturated rings. The smallest absolute Gasteiger partial charge is 0.731 e. The predicted molar refractivity (Wildman–Crippen MR) is 96.7 cm³/mol. The molecule has 2 heterocycles. The van der Waals surface area contributed by atoms with E-state index in [2.05, 4.69) is 20.2 Å². The van der Waals surface area contributed by atoms with E-state index in [1.807, 2.05) is 0 Å². The number of anilines is 1. The van der Waals surface area contributed by atoms with Gasteiger partial charge < -0.3 is 14.7 Å². The Bertz CT molecular complexity index is 1020. The van der Waals surface area contributed by atoms with Crippen molar-refractivity contribution in [3.63, 3.8) is 0 Å². The van der Waals surface area contributed by atoms with Gasteiger partial charge in [0.1, 0.15) is 17.8 Å². The third kappa shape index (κ3) is 7.16. The van der Waals surface area contributed by atoms with Crippen LogP contribution in [0.1, 0.15) is 19.5 Å². The van der Waals surface area contributed by atoms with E-state index in [1.165, 1.54) is 5.38 Å². The average Bonchev–Trinajstić information content (AvgIpc) is 2.95. The Morgan fingerprint density at radius 2 is 2.03 bits per heavy atom. The van der Waals surface area contributed by atoms with E-state index in [-0.39, 0.29) is 50.4 Å². The summed E-state index contributed by atoms with van der Waals surface area (Å²) in [4.78, 5) is 33.1. The molecule has 0 saturated carbocycles. The van der Waals surface area contributed by atoms with Crippen LogP contribution < -0.4 is 39.6 Å². The molecule has 1 atom stereocenters. The van der Waals surface area contributed by atoms with Crippen LogP contribution in [0.5, 0.6) is 0 Å². The van der Waals surface area contributed by atoms with Crippen LogP contribution in [0.15, 0.2) is 10.5 Å². The van der Waals surface area contributed by atoms with Gasteiger partial charge >= 0.3 is 29.6 Å². The van der Waals surface area contributed by atoms with E-state index in [0.29, 0.717) is 0 Å². The predicted octanol–water partition coefficient (Wildman–Crippen LogP) is -4.57. The van der Waals surface area contributed by atoms with E-state index in [4.69, 9.17) is 4.84 Å². The molecule has 13 nitrogen and oxygen atoms in total. The number of nitrogens with zero attached hydrogens (tertiary/aromatic N) is 3. The first-order valence-corrected chi connectivity index (χ1v) is 11.7. The molecule has 2 N–H and O–H groups in total. The Kier molecular flexibility index (Phi) is 8.58. The zero-order valence-corrected chi connectivity index (χ0v) is 20.2. The second-order valence-electron chi connectivity index (χ2n) is 5.86. The first kappa shape index (κ1) is 25.7. The van der Waals surface area contributed by atoms with E-state index in [0.717, 1.165) is 17.6 Å². The van der Waals surface area contributed by atoms with Crippen LogP contribution in [-0.4, -0.2) is 73.1 Å². The average molecular weight is 477 g/mol. The van der Waals surface area contributed by atoms with Crippen molar-refractivity contribution in [2.45, 2.75) is 26.0 Å². The first-order valence-electron chi connectivity index (χ1n) is 7.53. The minimum atomic E-state index is -4.94. The van der Waals surface area contributed by atoms with Gasteiger partial charge in [0.2, 0.25) is 10.0 Å². The van der Waals surface area contributed by atoms with Crippen molar-refractivity contribution < 1.29 is 65.4 Å². The van der Waals surface area contributed by atoms with E-state index in [9.17, 15) is 31.0 Å². The SMILES string of the molecule is CC(C)O/N=C(/C(=O)NC1CN(S(=O)(=O)[O-])C1=O)c1csc(NS(C)(=O)=O)n1.[Na+]. The Balaban J connectivity index is 0.00000420. The molecule has 0 aliphatic carbocycles. The zero-order valence-electron chi connectivity index (χ0n) is 15.8. The van der Waals surface area contributed by atoms with Crippen LogP contribution in [0.2, 0.25) is 0 Å². The Morgan fingerprint density at radius 3 is 2.52 bits per heavy atom. The molecule has 156 valence electrons. The van der Waals surface area contributed by atoms with Gasteiger partial charge in [-0.05, 0) is 13.8 Å². The van der Waals surface area contributed by atoms with E-state index >= 15 is 0 Å². The molecule has 2 amide bonds. The topological polar surface area (TPSA) is 187 Å². The molecule has 29 heavy (non-hydrogen) atoms. The number of aromatic nitrogens is 1. The Morgan fingerprint density at radius 1 is 1.41 bits per heavy atom. The van der Waals surface area contributed by atoms with E-state index < -0.39 is 50.8 Å². The Labute approximate surface area is 193 Å². The molecule has 1 aromatic rings. The maximum absolute atomic E-state index is 12.5. The number of nitrogens with one attached hydrogen (secondary N) is 2. The quantitative estimate of drug-likeness (QED) is 0.122. The van der Waals surface area contributed by atoms with Crippen molar-refractivity contribution in [1.82, 2.24) is 14.6 Å². The van der Waals surface area contributed by atoms with Gasteiger partial charge in [0.25, 0.3) is 11.8 Å². The van der Waals surface area contributed by atoms with Crippen LogP contribution >= 0.6 is 11.3 Å². The number of thiazole rings is 1. The summed E-state index contributed by atoms with van der Waals surface area (Å²) in [6.45, 7) is 2.78. The summed E-state index contributed by atoms with van der Waals surface area (Å²) in [5, 5.41) is 7.22. The van der Waals surface area contributed by atoms with Gasteiger partial charge in [-0.15, -0.1) is 11.3 Å². The fraction of sp³-hybridized carbons (Fsp3) is 0.500. The monoisotopic (exact) mass is 477 g/mol. The number of hydrogen-bond donors (Lipinski definition) is 2. The second-order valence-corrected chi connectivity index (χ2v) is 9.76. The van der Waals surface area contributed by atoms with Crippen LogP contribution in [0.25, 0.3) is 0 Å². The molecule has 0 aromatic carbocycles. The van der Waals surface area contributed by atoms with Gasteiger partial charge in [0.05, 0.1) is 12.8 Å². The molecule has 0 spiro atoms. The molecule has 17 heteroatoms. The number of β-lactam (4-membered cyclic amide) rings is 1. The van der Waals surface area contributed by atoms with Gasteiger partial charge in [-0.1, -0.05) is 5.16 Å². The summed E-state index contributed by atoms with van der Waals surface area (Å²) < 4.78 is 57.3. The number of hydrogen-bond acceptors (Lipinski definition) is 11. The van der Waals surface area contributed by atoms with E-state index in [1.54, 1.807) is 13.8 Å². The standard InChI is InChI=1S/C12H17N5O8S3.Na/c1-6(2)25-15-9(8-5-26-12(14-8)16-27(3,20)21)10(18)13-7-4-17(11(7)19)28(22,23)24;/h5-7H,4H2,1-3H3,(H,13,18)(H,14,16)(H,22,23,24);/q;+1/p-1/b15-9+;. The van der Waals surface area contributed by atoms with Crippen LogP contribution in [0.3, 0.4) is 0 Å². The normalized spacial score (nSPS) is 17.4. The summed E-state index contributed by atoms with van der Waals surface area (Å²) >= 11 is 0.886. The van der Waals surface area contributed by atoms with Crippen LogP contribution in [0, 0.1) is 0 Å². The molecule has 1 aromatic heterocycles. The molecular weight excluding hydrogens is 461 g/mol. The number of rotatable bonds is 8. The van der Waals surface area contributed by atoms with Gasteiger partial charge in [0, 0.05) is 5.38 Å². The zero-order chi connectivity index (χ0) is 21.3. The molecular formula is C12H16N5NaO8S3. The number of carbonyl (C=O) groups is 2. The largest absolute Gasteiger partial charge is 1.00 e. The summed E-state index contributed by atoms with van der Waals surface area (Å²) in [5.41, 5.74) is -0.392. The van der Waals surface area contributed by atoms with Crippen molar-refractivity contribution in [2.24, 2.45) is 5.16 Å². The minimum Gasteiger partial charge on any atom is -0.731 e. The van der Waals surface area contributed by atoms with Crippen LogP contribution in [-0.2, 0) is 34.8 Å². The van der Waals surface area contributed by atoms with Crippen molar-refractivity contribution >= 4 is 54.3 Å². The van der Waals surface area contributed by atoms with Gasteiger partial charge in [0.15, 0.2) is 21.1 Å². The number of sulfonamides is 1. The van der Waals surface area contributed by atoms with Crippen molar-refractivity contribution in [2.75, 3.05) is 17.5 Å². The first-order chi connectivity index (χ1) is 12.8. The van der Waals surface area contributed by atoms with Crippen molar-refractivity contribution in [3.8, 4) is 0 Å². The number of carbonyl (C=O) groups excluding carboxylic acids is 2. The molecule has 0 bridgehead atoms. The van der Waals surface area contributed by atoms with Gasteiger partial charge in [-0.2, -0.15) is 0 Å². The third-order valence-corrected chi connectivity index (χ3v) is 5.38. The molecule has 1 saturated heterocycles. The fourth-order valence-corrected chi connectivity index (χ4v) is 4.11. The molecule has 2 rings (SSSR count). The molecule has 0 radical (unpaired) electrons. The number of oxime groups is 1. The van der Waals surface area contributed by atoms with Crippen LogP contribution in [0.4, 0.5) is 5.13 Å². The van der Waals surface area contributed by atoms with Gasteiger partial charge in [-0.3, -0.25) is 14.3 Å². The van der Waals surface area contributed by atoms with Crippen molar-refractivity contribution in [1.29, 1.82) is 0 Å². The Hall–Kier alpha value is -1.30. The maximum atomic E-state index is 12.5. The summed E-state index contributed by atoms with van der Waals surface area (Å²) in [6.07, 6.45) is 0.525. The van der Waals surface area contributed by atoms with Gasteiger partial charge in [-0.25, -0.2) is 26.1 Å². The molecule has 1 aliphatic rings. The summed E-state index contributed by atoms with van der Waals surface area (Å²) in [6, 6.07) is -1.23. The van der Waals surface area contributed by atoms with Crippen molar-refractivity contribution in [3.05, 3.63) is 11.1 Å². The minimum absolute atomic E-state index is 0. The summed E-state index contributed by atoms with van der Waals surface area (Å²) in [5.74, 6) is -2.00. The number of amides is 2. The second kappa shape index (κ2) is 9.67. The third-order valence-electron chi connectivity index (χ3n) is 3.06. The maximum Gasteiger partial charge on any atom is 1.00 e. The molecule has 1 unspecified atom stereocenters. The molecule has 1 aliphatic heterocycles. The summed E-state index contributed by atoms with van der Waals surface area (Å²) in [7, 11) is -8.53.